The van der Waals surface area contributed by atoms with Gasteiger partial charge in [-0.15, -0.1) is 0 Å². The van der Waals surface area contributed by atoms with Crippen molar-refractivity contribution in [1.82, 2.24) is 0 Å². The maximum absolute atomic E-state index is 12.5. The molecule has 2 N–H and O–H groups in total. The monoisotopic (exact) mass is 332 g/mol. The molecule has 0 aromatic heterocycles. The number of ether oxygens (including phenoxy) is 2. The van der Waals surface area contributed by atoms with E-state index >= 15 is 0 Å². The van der Waals surface area contributed by atoms with Crippen molar-refractivity contribution >= 4 is 11.8 Å². The highest BCUT2D eigenvalue weighted by molar-refractivity contribution is 6.02. The van der Waals surface area contributed by atoms with E-state index in [0.29, 0.717) is 18.4 Å². The van der Waals surface area contributed by atoms with E-state index in [4.69, 9.17) is 9.47 Å². The lowest BCUT2D eigenvalue weighted by Crippen LogP contribution is -2.40. The lowest BCUT2D eigenvalue weighted by atomic mass is 9.92. The van der Waals surface area contributed by atoms with Gasteiger partial charge >= 0.3 is 5.97 Å². The SMILES string of the molecule is C[C@@H]1CCC/C=C\C2(O)CC(=O)c3c(cc(O)cc3O2)CC(=O)O1. The highest BCUT2D eigenvalue weighted by Gasteiger charge is 2.38. The molecule has 0 fully saturated rings. The fourth-order valence-electron chi connectivity index (χ4n) is 3.10. The summed E-state index contributed by atoms with van der Waals surface area (Å²) in [6, 6.07) is 2.63. The first-order valence-corrected chi connectivity index (χ1v) is 8.04. The van der Waals surface area contributed by atoms with Gasteiger partial charge < -0.3 is 19.7 Å². The molecule has 4 rings (SSSR count). The summed E-state index contributed by atoms with van der Waals surface area (Å²) in [5, 5.41) is 20.4. The molecule has 0 amide bonds. The number of phenolic OH excluding ortho intramolecular Hbond substituents is 1. The van der Waals surface area contributed by atoms with Crippen LogP contribution in [0.25, 0.3) is 0 Å². The van der Waals surface area contributed by atoms with Crippen molar-refractivity contribution in [1.29, 1.82) is 0 Å². The van der Waals surface area contributed by atoms with Crippen molar-refractivity contribution < 1.29 is 29.3 Å². The van der Waals surface area contributed by atoms with Gasteiger partial charge in [-0.05, 0) is 43.9 Å². The van der Waals surface area contributed by atoms with Crippen LogP contribution in [0.2, 0.25) is 0 Å². The lowest BCUT2D eigenvalue weighted by Gasteiger charge is -2.32. The van der Waals surface area contributed by atoms with Crippen LogP contribution in [0.15, 0.2) is 24.3 Å². The van der Waals surface area contributed by atoms with Crippen molar-refractivity contribution in [3.8, 4) is 11.5 Å². The number of allylic oxidation sites excluding steroid dienone is 1. The van der Waals surface area contributed by atoms with E-state index in [2.05, 4.69) is 0 Å². The predicted octanol–water partition coefficient (Wildman–Crippen LogP) is 2.26. The van der Waals surface area contributed by atoms with Crippen LogP contribution < -0.4 is 4.74 Å². The fraction of sp³-hybridized carbons (Fsp3) is 0.444. The van der Waals surface area contributed by atoms with Gasteiger partial charge in [-0.1, -0.05) is 6.08 Å². The molecule has 6 nitrogen and oxygen atoms in total. The second-order valence-corrected chi connectivity index (χ2v) is 6.34. The highest BCUT2D eigenvalue weighted by atomic mass is 16.6. The highest BCUT2D eigenvalue weighted by Crippen LogP contribution is 2.38. The number of Topliss-reactive ketones (excluding diaryl/α,β-unsaturated/α-hetero) is 1. The Morgan fingerprint density at radius 1 is 1.29 bits per heavy atom. The summed E-state index contributed by atoms with van der Waals surface area (Å²) in [6.45, 7) is 1.82. The first kappa shape index (κ1) is 16.5. The Bertz CT molecular complexity index is 708. The second-order valence-electron chi connectivity index (χ2n) is 6.34. The summed E-state index contributed by atoms with van der Waals surface area (Å²) in [6.07, 6.45) is 4.77. The fourth-order valence-corrected chi connectivity index (χ4v) is 3.10. The summed E-state index contributed by atoms with van der Waals surface area (Å²) >= 11 is 0. The Morgan fingerprint density at radius 3 is 2.88 bits per heavy atom. The average molecular weight is 332 g/mol. The normalized spacial score (nSPS) is 28.7. The van der Waals surface area contributed by atoms with Crippen LogP contribution in [0.3, 0.4) is 0 Å². The van der Waals surface area contributed by atoms with Crippen LogP contribution in [-0.4, -0.2) is 33.9 Å². The molecule has 1 aromatic rings. The number of benzene rings is 1. The number of aromatic hydroxyl groups is 1. The topological polar surface area (TPSA) is 93.1 Å². The van der Waals surface area contributed by atoms with Gasteiger partial charge in [0.05, 0.1) is 24.5 Å². The molecule has 0 saturated heterocycles. The number of fused-ring (bicyclic) bond motifs is 8. The zero-order valence-electron chi connectivity index (χ0n) is 13.4. The number of phenols is 1. The molecule has 2 atom stereocenters. The zero-order valence-corrected chi connectivity index (χ0v) is 13.4. The van der Waals surface area contributed by atoms with Crippen LogP contribution in [0, 0.1) is 0 Å². The molecular weight excluding hydrogens is 312 g/mol. The van der Waals surface area contributed by atoms with Gasteiger partial charge in [-0.2, -0.15) is 0 Å². The second kappa shape index (κ2) is 6.28. The van der Waals surface area contributed by atoms with Gasteiger partial charge in [-0.25, -0.2) is 0 Å². The number of carbonyl (C=O) groups excluding carboxylic acids is 2. The molecule has 6 heteroatoms. The molecule has 3 aliphatic rings. The minimum Gasteiger partial charge on any atom is -0.508 e. The molecule has 0 radical (unpaired) electrons. The molecule has 3 heterocycles. The van der Waals surface area contributed by atoms with Gasteiger partial charge in [-0.3, -0.25) is 9.59 Å². The van der Waals surface area contributed by atoms with Gasteiger partial charge in [0.1, 0.15) is 11.5 Å². The molecule has 4 bridgehead atoms. The molecule has 0 saturated carbocycles. The van der Waals surface area contributed by atoms with Crippen molar-refractivity contribution in [3.05, 3.63) is 35.4 Å². The number of carbonyl (C=O) groups is 2. The van der Waals surface area contributed by atoms with Crippen LogP contribution in [0.5, 0.6) is 11.5 Å². The summed E-state index contributed by atoms with van der Waals surface area (Å²) in [5.74, 6) is -2.59. The summed E-state index contributed by atoms with van der Waals surface area (Å²) in [7, 11) is 0. The first-order chi connectivity index (χ1) is 11.4. The van der Waals surface area contributed by atoms with Crippen molar-refractivity contribution in [2.75, 3.05) is 0 Å². The van der Waals surface area contributed by atoms with Crippen LogP contribution in [-0.2, 0) is 16.0 Å². The Balaban J connectivity index is 2.06. The van der Waals surface area contributed by atoms with Crippen LogP contribution in [0.4, 0.5) is 0 Å². The van der Waals surface area contributed by atoms with Gasteiger partial charge in [0.25, 0.3) is 0 Å². The van der Waals surface area contributed by atoms with E-state index in [-0.39, 0.29) is 41.8 Å². The quantitative estimate of drug-likeness (QED) is 0.559. The molecule has 1 unspecified atom stereocenters. The molecule has 3 aliphatic heterocycles. The molecule has 0 spiro atoms. The Morgan fingerprint density at radius 2 is 2.08 bits per heavy atom. The molecule has 24 heavy (non-hydrogen) atoms. The van der Waals surface area contributed by atoms with E-state index in [1.807, 2.05) is 6.92 Å². The van der Waals surface area contributed by atoms with E-state index in [9.17, 15) is 19.8 Å². The third-order valence-corrected chi connectivity index (χ3v) is 4.18. The van der Waals surface area contributed by atoms with Crippen LogP contribution >= 0.6 is 0 Å². The van der Waals surface area contributed by atoms with Gasteiger partial charge in [0.15, 0.2) is 5.78 Å². The van der Waals surface area contributed by atoms with E-state index in [1.54, 1.807) is 6.08 Å². The average Bonchev–Trinajstić information content (AvgIpc) is 2.44. The first-order valence-electron chi connectivity index (χ1n) is 8.04. The smallest absolute Gasteiger partial charge is 0.310 e. The number of hydrogen-bond donors (Lipinski definition) is 2. The maximum atomic E-state index is 12.5. The zero-order chi connectivity index (χ0) is 17.3. The molecule has 128 valence electrons. The minimum atomic E-state index is -1.73. The Labute approximate surface area is 139 Å². The summed E-state index contributed by atoms with van der Waals surface area (Å²) < 4.78 is 10.9. The molecular formula is C18H20O6. The number of ketones is 1. The third-order valence-electron chi connectivity index (χ3n) is 4.18. The van der Waals surface area contributed by atoms with Gasteiger partial charge in [0.2, 0.25) is 5.79 Å². The van der Waals surface area contributed by atoms with E-state index in [0.717, 1.165) is 6.42 Å². The maximum Gasteiger partial charge on any atom is 0.310 e. The number of rotatable bonds is 0. The molecule has 1 aromatic carbocycles. The standard InChI is InChI=1S/C18H20O6/c1-11-5-3-2-4-6-18(22)10-14(20)17-12(8-16(21)23-11)7-13(19)9-15(17)24-18/h4,6-7,9,11,19,22H,2-3,5,8,10H2,1H3/b6-4-/t11-,18?/m1/s1. The summed E-state index contributed by atoms with van der Waals surface area (Å²) in [4.78, 5) is 24.6. The Kier molecular flexibility index (Phi) is 4.32. The summed E-state index contributed by atoms with van der Waals surface area (Å²) in [5.41, 5.74) is 0.558. The van der Waals surface area contributed by atoms with Crippen LogP contribution in [0.1, 0.15) is 48.5 Å². The minimum absolute atomic E-state index is 0.0753. The number of aliphatic hydroxyl groups is 1. The predicted molar refractivity (Wildman–Crippen MR) is 84.9 cm³/mol. The number of hydrogen-bond acceptors (Lipinski definition) is 6. The lowest BCUT2D eigenvalue weighted by molar-refractivity contribution is -0.147. The van der Waals surface area contributed by atoms with E-state index in [1.165, 1.54) is 18.2 Å². The van der Waals surface area contributed by atoms with E-state index < -0.39 is 11.8 Å². The van der Waals surface area contributed by atoms with Crippen molar-refractivity contribution in [2.45, 2.75) is 50.9 Å². The van der Waals surface area contributed by atoms with Crippen molar-refractivity contribution in [3.63, 3.8) is 0 Å². The van der Waals surface area contributed by atoms with Crippen molar-refractivity contribution in [2.24, 2.45) is 0 Å². The largest absolute Gasteiger partial charge is 0.508 e. The third kappa shape index (κ3) is 3.43. The number of esters is 1. The molecule has 0 aliphatic carbocycles. The Hall–Kier alpha value is -2.34. The van der Waals surface area contributed by atoms with Gasteiger partial charge in [0, 0.05) is 6.07 Å².